The van der Waals surface area contributed by atoms with E-state index in [4.69, 9.17) is 18.8 Å². The number of nitrogens with zero attached hydrogens (tertiary/aromatic N) is 6. The van der Waals surface area contributed by atoms with Gasteiger partial charge in [-0.1, -0.05) is 91.0 Å². The zero-order valence-electron chi connectivity index (χ0n) is 25.4. The van der Waals surface area contributed by atoms with Crippen LogP contribution in [0.5, 0.6) is 0 Å². The van der Waals surface area contributed by atoms with Gasteiger partial charge in [-0.05, 0) is 76.9 Å². The van der Waals surface area contributed by atoms with Gasteiger partial charge in [-0.15, -0.1) is 20.4 Å². The summed E-state index contributed by atoms with van der Waals surface area (Å²) in [5, 5.41) is 19.3. The lowest BCUT2D eigenvalue weighted by atomic mass is 10.0. The first-order chi connectivity index (χ1) is 23.7. The molecule has 0 aliphatic rings. The van der Waals surface area contributed by atoms with E-state index in [1.54, 1.807) is 0 Å². The lowest BCUT2D eigenvalue weighted by Gasteiger charge is -2.04. The monoisotopic (exact) mass is 620 g/mol. The fourth-order valence-corrected chi connectivity index (χ4v) is 5.78. The van der Waals surface area contributed by atoms with E-state index in [1.165, 1.54) is 0 Å². The molecule has 0 unspecified atom stereocenters. The highest BCUT2D eigenvalue weighted by Crippen LogP contribution is 2.31. The summed E-state index contributed by atoms with van der Waals surface area (Å²) in [4.78, 5) is 9.57. The quantitative estimate of drug-likeness (QED) is 0.181. The molecule has 0 aliphatic heterocycles. The predicted octanol–water partition coefficient (Wildman–Crippen LogP) is 9.55. The highest BCUT2D eigenvalue weighted by atomic mass is 16.4. The van der Waals surface area contributed by atoms with Crippen molar-refractivity contribution in [3.8, 4) is 68.3 Å². The van der Waals surface area contributed by atoms with E-state index in [-0.39, 0.29) is 0 Å². The molecular formula is C40H24N6O2. The maximum absolute atomic E-state index is 6.08. The molecule has 5 aromatic carbocycles. The molecule has 9 rings (SSSR count). The molecule has 9 aromatic rings. The van der Waals surface area contributed by atoms with Gasteiger partial charge in [-0.3, -0.25) is 0 Å². The van der Waals surface area contributed by atoms with E-state index < -0.39 is 0 Å². The predicted molar refractivity (Wildman–Crippen MR) is 185 cm³/mol. The van der Waals surface area contributed by atoms with Crippen molar-refractivity contribution < 1.29 is 8.83 Å². The van der Waals surface area contributed by atoms with Crippen LogP contribution in [-0.2, 0) is 0 Å². The Morgan fingerprint density at radius 1 is 0.312 bits per heavy atom. The third-order valence-electron chi connectivity index (χ3n) is 8.24. The molecule has 0 atom stereocenters. The fourth-order valence-electron chi connectivity index (χ4n) is 5.78. The number of benzene rings is 5. The number of rotatable bonds is 6. The van der Waals surface area contributed by atoms with Crippen molar-refractivity contribution in [1.82, 2.24) is 30.4 Å². The molecule has 0 saturated heterocycles. The molecule has 226 valence electrons. The van der Waals surface area contributed by atoms with Crippen molar-refractivity contribution in [3.63, 3.8) is 0 Å². The Morgan fingerprint density at radius 2 is 0.750 bits per heavy atom. The summed E-state index contributed by atoms with van der Waals surface area (Å²) in [5.41, 5.74) is 8.93. The van der Waals surface area contributed by atoms with Crippen LogP contribution in [0.2, 0.25) is 0 Å². The minimum absolute atomic E-state index is 0.336. The molecule has 0 amide bonds. The highest BCUT2D eigenvalue weighted by molar-refractivity contribution is 5.87. The van der Waals surface area contributed by atoms with E-state index in [0.717, 1.165) is 55.2 Å². The van der Waals surface area contributed by atoms with Crippen LogP contribution >= 0.6 is 0 Å². The summed E-state index contributed by atoms with van der Waals surface area (Å²) in [5.74, 6) is 1.39. The van der Waals surface area contributed by atoms with Gasteiger partial charge in [0.1, 0.15) is 11.4 Å². The number of hydrogen-bond donors (Lipinski definition) is 0. The van der Waals surface area contributed by atoms with Gasteiger partial charge in [0, 0.05) is 21.9 Å². The van der Waals surface area contributed by atoms with Crippen molar-refractivity contribution in [2.75, 3.05) is 0 Å². The SMILES string of the molecule is c1ccc(-c2ccc3nc(-c4nnc(-c5cccc(-c6nnc(-c7ccc8cc(-c9ccccc9)ccc8n7)o6)c5)o4)ccc3c2)cc1. The lowest BCUT2D eigenvalue weighted by Crippen LogP contribution is -1.86. The largest absolute Gasteiger partial charge is 0.415 e. The van der Waals surface area contributed by atoms with Crippen LogP contribution in [0.1, 0.15) is 0 Å². The Hall–Kier alpha value is -6.80. The normalized spacial score (nSPS) is 11.3. The van der Waals surface area contributed by atoms with Crippen molar-refractivity contribution in [3.05, 3.63) is 146 Å². The second-order valence-electron chi connectivity index (χ2n) is 11.3. The van der Waals surface area contributed by atoms with Gasteiger partial charge in [-0.25, -0.2) is 9.97 Å². The molecule has 4 heterocycles. The summed E-state index contributed by atoms with van der Waals surface area (Å²) in [6.07, 6.45) is 0. The minimum Gasteiger partial charge on any atom is -0.415 e. The molecule has 0 fully saturated rings. The van der Waals surface area contributed by atoms with Gasteiger partial charge in [0.25, 0.3) is 11.8 Å². The molecule has 0 saturated carbocycles. The summed E-state index contributed by atoms with van der Waals surface area (Å²) < 4.78 is 12.2. The first kappa shape index (κ1) is 27.5. The summed E-state index contributed by atoms with van der Waals surface area (Å²) >= 11 is 0. The average Bonchev–Trinajstić information content (AvgIpc) is 3.87. The van der Waals surface area contributed by atoms with Gasteiger partial charge in [0.2, 0.25) is 11.8 Å². The summed E-state index contributed by atoms with van der Waals surface area (Å²) in [6.45, 7) is 0. The van der Waals surface area contributed by atoms with Crippen LogP contribution in [0.4, 0.5) is 0 Å². The average molecular weight is 621 g/mol. The summed E-state index contributed by atoms with van der Waals surface area (Å²) in [7, 11) is 0. The molecule has 0 aliphatic carbocycles. The summed E-state index contributed by atoms with van der Waals surface area (Å²) in [6, 6.07) is 48.4. The standard InChI is InChI=1S/C40H24N6O2/c1-3-8-25(9-4-1)27-14-18-33-29(22-27)16-20-35(41-33)39-45-43-37(47-39)31-12-7-13-32(24-31)38-44-46-40(48-38)36-21-17-30-23-28(15-19-34(30)42-36)26-10-5-2-6-11-26/h1-24H. The van der Waals surface area contributed by atoms with E-state index in [9.17, 15) is 0 Å². The Labute approximate surface area is 274 Å². The van der Waals surface area contributed by atoms with Gasteiger partial charge in [-0.2, -0.15) is 0 Å². The van der Waals surface area contributed by atoms with Crippen molar-refractivity contribution >= 4 is 21.8 Å². The van der Waals surface area contributed by atoms with E-state index >= 15 is 0 Å². The topological polar surface area (TPSA) is 104 Å². The number of aromatic nitrogens is 6. The first-order valence-electron chi connectivity index (χ1n) is 15.4. The van der Waals surface area contributed by atoms with Crippen LogP contribution in [-0.4, -0.2) is 30.4 Å². The zero-order chi connectivity index (χ0) is 31.9. The Morgan fingerprint density at radius 3 is 1.23 bits per heavy atom. The maximum atomic E-state index is 6.08. The smallest absolute Gasteiger partial charge is 0.266 e. The Kier molecular flexibility index (Phi) is 6.61. The van der Waals surface area contributed by atoms with E-state index in [0.29, 0.717) is 35.0 Å². The van der Waals surface area contributed by atoms with Crippen molar-refractivity contribution in [2.24, 2.45) is 0 Å². The molecule has 0 bridgehead atoms. The lowest BCUT2D eigenvalue weighted by molar-refractivity contribution is 0.580. The first-order valence-corrected chi connectivity index (χ1v) is 15.4. The van der Waals surface area contributed by atoms with Crippen LogP contribution in [0.15, 0.2) is 154 Å². The maximum Gasteiger partial charge on any atom is 0.266 e. The van der Waals surface area contributed by atoms with Crippen LogP contribution in [0, 0.1) is 0 Å². The van der Waals surface area contributed by atoms with Gasteiger partial charge in [0.15, 0.2) is 0 Å². The third kappa shape index (κ3) is 5.17. The van der Waals surface area contributed by atoms with Gasteiger partial charge >= 0.3 is 0 Å². The number of fused-ring (bicyclic) bond motifs is 2. The van der Waals surface area contributed by atoms with Crippen LogP contribution in [0.3, 0.4) is 0 Å². The highest BCUT2D eigenvalue weighted by Gasteiger charge is 2.16. The Balaban J connectivity index is 0.958. The fraction of sp³-hybridized carbons (Fsp3) is 0. The molecule has 8 nitrogen and oxygen atoms in total. The third-order valence-corrected chi connectivity index (χ3v) is 8.24. The van der Waals surface area contributed by atoms with Gasteiger partial charge in [0.05, 0.1) is 11.0 Å². The molecule has 48 heavy (non-hydrogen) atoms. The molecule has 0 N–H and O–H groups in total. The zero-order valence-corrected chi connectivity index (χ0v) is 25.4. The van der Waals surface area contributed by atoms with Crippen LogP contribution < -0.4 is 0 Å². The second kappa shape index (κ2) is 11.5. The minimum atomic E-state index is 0.336. The number of pyridine rings is 2. The van der Waals surface area contributed by atoms with Crippen LogP contribution in [0.25, 0.3) is 90.1 Å². The van der Waals surface area contributed by atoms with Crippen molar-refractivity contribution in [1.29, 1.82) is 0 Å². The molecule has 8 heteroatoms. The van der Waals surface area contributed by atoms with E-state index in [1.807, 2.05) is 97.1 Å². The van der Waals surface area contributed by atoms with E-state index in [2.05, 4.69) is 68.9 Å². The van der Waals surface area contributed by atoms with Crippen molar-refractivity contribution in [2.45, 2.75) is 0 Å². The second-order valence-corrected chi connectivity index (χ2v) is 11.3. The molecule has 0 spiro atoms. The molecule has 0 radical (unpaired) electrons. The number of hydrogen-bond acceptors (Lipinski definition) is 8. The molecular weight excluding hydrogens is 596 g/mol. The van der Waals surface area contributed by atoms with Gasteiger partial charge < -0.3 is 8.83 Å². The molecule has 4 aromatic heterocycles. The Bertz CT molecular complexity index is 2400.